The molecule has 0 amide bonds. The van der Waals surface area contributed by atoms with Gasteiger partial charge in [0.2, 0.25) is 0 Å². The van der Waals surface area contributed by atoms with Gasteiger partial charge in [-0.05, 0) is 38.1 Å². The molecule has 114 valence electrons. The monoisotopic (exact) mass is 308 g/mol. The minimum Gasteiger partial charge on any atom is -0.316 e. The van der Waals surface area contributed by atoms with Crippen molar-refractivity contribution in [2.75, 3.05) is 20.1 Å². The first-order valence-corrected chi connectivity index (χ1v) is 6.55. The number of nitrogens with one attached hydrogen (secondary N) is 1. The van der Waals surface area contributed by atoms with Gasteiger partial charge in [0.1, 0.15) is 0 Å². The maximum absolute atomic E-state index is 12.6. The van der Waals surface area contributed by atoms with Crippen molar-refractivity contribution in [1.29, 1.82) is 0 Å². The largest absolute Gasteiger partial charge is 0.416 e. The number of benzene rings is 1. The average Bonchev–Trinajstić information content (AvgIpc) is 2.38. The summed E-state index contributed by atoms with van der Waals surface area (Å²) < 4.78 is 37.9. The summed E-state index contributed by atoms with van der Waals surface area (Å²) >= 11 is 0. The molecule has 1 aromatic rings. The summed E-state index contributed by atoms with van der Waals surface area (Å²) in [6.07, 6.45) is -2.04. The standard InChI is InChI=1S/C14H19F3N2.ClH/c1-18-13-6-3-7-19(10-13)9-11-4-2-5-12(8-11)14(15,16)17;/h2,4-5,8,13,18H,3,6-7,9-10H2,1H3;1H. The Hall–Kier alpha value is -0.780. The molecular weight excluding hydrogens is 289 g/mol. The normalized spacial score (nSPS) is 20.5. The quantitative estimate of drug-likeness (QED) is 0.921. The first-order chi connectivity index (χ1) is 8.99. The molecule has 1 aliphatic heterocycles. The molecule has 1 aromatic carbocycles. The first-order valence-electron chi connectivity index (χ1n) is 6.55. The highest BCUT2D eigenvalue weighted by Gasteiger charge is 2.30. The van der Waals surface area contributed by atoms with Crippen LogP contribution in [0.15, 0.2) is 24.3 Å². The molecule has 0 aromatic heterocycles. The van der Waals surface area contributed by atoms with Crippen LogP contribution in [0.5, 0.6) is 0 Å². The molecular formula is C14H20ClF3N2. The third-order valence-electron chi connectivity index (χ3n) is 3.57. The van der Waals surface area contributed by atoms with E-state index in [4.69, 9.17) is 0 Å². The summed E-state index contributed by atoms with van der Waals surface area (Å²) in [4.78, 5) is 2.21. The summed E-state index contributed by atoms with van der Waals surface area (Å²) in [6, 6.07) is 6.06. The average molecular weight is 309 g/mol. The molecule has 0 spiro atoms. The third-order valence-corrected chi connectivity index (χ3v) is 3.57. The molecule has 20 heavy (non-hydrogen) atoms. The number of alkyl halides is 3. The highest BCUT2D eigenvalue weighted by Crippen LogP contribution is 2.29. The van der Waals surface area contributed by atoms with Crippen molar-refractivity contribution in [2.24, 2.45) is 0 Å². The molecule has 1 unspecified atom stereocenters. The predicted octanol–water partition coefficient (Wildman–Crippen LogP) is 3.31. The van der Waals surface area contributed by atoms with Crippen molar-refractivity contribution >= 4 is 12.4 Å². The van der Waals surface area contributed by atoms with E-state index in [1.807, 2.05) is 7.05 Å². The lowest BCUT2D eigenvalue weighted by atomic mass is 10.0. The minimum atomic E-state index is -4.26. The van der Waals surface area contributed by atoms with Crippen molar-refractivity contribution in [2.45, 2.75) is 31.6 Å². The van der Waals surface area contributed by atoms with Crippen LogP contribution in [0.4, 0.5) is 13.2 Å². The fourth-order valence-corrected chi connectivity index (χ4v) is 2.54. The Labute approximate surface area is 123 Å². The fraction of sp³-hybridized carbons (Fsp3) is 0.571. The lowest BCUT2D eigenvalue weighted by Gasteiger charge is -2.32. The van der Waals surface area contributed by atoms with E-state index in [1.54, 1.807) is 6.07 Å². The molecule has 1 atom stereocenters. The molecule has 2 rings (SSSR count). The molecule has 0 radical (unpaired) electrons. The maximum Gasteiger partial charge on any atom is 0.416 e. The number of likely N-dealkylation sites (tertiary alicyclic amines) is 1. The van der Waals surface area contributed by atoms with Crippen LogP contribution in [0.3, 0.4) is 0 Å². The lowest BCUT2D eigenvalue weighted by Crippen LogP contribution is -2.43. The maximum atomic E-state index is 12.6. The number of rotatable bonds is 3. The van der Waals surface area contributed by atoms with Crippen LogP contribution in [-0.2, 0) is 12.7 Å². The van der Waals surface area contributed by atoms with Crippen LogP contribution >= 0.6 is 12.4 Å². The van der Waals surface area contributed by atoms with Crippen LogP contribution in [0, 0.1) is 0 Å². The molecule has 6 heteroatoms. The summed E-state index contributed by atoms with van der Waals surface area (Å²) in [5.74, 6) is 0. The Morgan fingerprint density at radius 1 is 1.35 bits per heavy atom. The topological polar surface area (TPSA) is 15.3 Å². The number of hydrogen-bond donors (Lipinski definition) is 1. The van der Waals surface area contributed by atoms with E-state index in [0.717, 1.165) is 37.6 Å². The lowest BCUT2D eigenvalue weighted by molar-refractivity contribution is -0.137. The second kappa shape index (κ2) is 7.29. The summed E-state index contributed by atoms with van der Waals surface area (Å²) in [6.45, 7) is 2.43. The summed E-state index contributed by atoms with van der Waals surface area (Å²) in [5.41, 5.74) is 0.166. The van der Waals surface area contributed by atoms with Gasteiger partial charge in [0.25, 0.3) is 0 Å². The van der Waals surface area contributed by atoms with E-state index >= 15 is 0 Å². The molecule has 1 heterocycles. The zero-order valence-electron chi connectivity index (χ0n) is 11.4. The minimum absolute atomic E-state index is 0. The van der Waals surface area contributed by atoms with Gasteiger partial charge in [-0.1, -0.05) is 18.2 Å². The van der Waals surface area contributed by atoms with Gasteiger partial charge in [-0.2, -0.15) is 13.2 Å². The van der Waals surface area contributed by atoms with Gasteiger partial charge in [-0.3, -0.25) is 4.90 Å². The predicted molar refractivity (Wildman–Crippen MR) is 76.1 cm³/mol. The SMILES string of the molecule is CNC1CCCN(Cc2cccc(C(F)(F)F)c2)C1.Cl. The van der Waals surface area contributed by atoms with Gasteiger partial charge < -0.3 is 5.32 Å². The van der Waals surface area contributed by atoms with Crippen LogP contribution < -0.4 is 5.32 Å². The van der Waals surface area contributed by atoms with E-state index < -0.39 is 11.7 Å². The van der Waals surface area contributed by atoms with Crippen molar-refractivity contribution in [3.63, 3.8) is 0 Å². The number of likely N-dealkylation sites (N-methyl/N-ethyl adjacent to an activating group) is 1. The molecule has 1 saturated heterocycles. The Kier molecular flexibility index (Phi) is 6.30. The molecule has 0 saturated carbocycles. The summed E-state index contributed by atoms with van der Waals surface area (Å²) in [7, 11) is 1.93. The highest BCUT2D eigenvalue weighted by atomic mass is 35.5. The van der Waals surface area contributed by atoms with E-state index in [-0.39, 0.29) is 12.4 Å². The highest BCUT2D eigenvalue weighted by molar-refractivity contribution is 5.85. The van der Waals surface area contributed by atoms with Gasteiger partial charge in [-0.15, -0.1) is 12.4 Å². The number of piperidine rings is 1. The van der Waals surface area contributed by atoms with Gasteiger partial charge in [0.05, 0.1) is 5.56 Å². The molecule has 1 aliphatic rings. The zero-order valence-corrected chi connectivity index (χ0v) is 12.2. The Morgan fingerprint density at radius 2 is 2.10 bits per heavy atom. The number of nitrogens with zero attached hydrogens (tertiary/aromatic N) is 1. The van der Waals surface area contributed by atoms with Crippen LogP contribution in [0.1, 0.15) is 24.0 Å². The second-order valence-electron chi connectivity index (χ2n) is 5.06. The second-order valence-corrected chi connectivity index (χ2v) is 5.06. The zero-order chi connectivity index (χ0) is 13.9. The smallest absolute Gasteiger partial charge is 0.316 e. The van der Waals surface area contributed by atoms with Crippen LogP contribution in [0.2, 0.25) is 0 Å². The summed E-state index contributed by atoms with van der Waals surface area (Å²) in [5, 5.41) is 3.23. The Morgan fingerprint density at radius 3 is 2.75 bits per heavy atom. The van der Waals surface area contributed by atoms with E-state index in [1.165, 1.54) is 12.1 Å². The van der Waals surface area contributed by atoms with E-state index in [2.05, 4.69) is 10.2 Å². The molecule has 0 bridgehead atoms. The first kappa shape index (κ1) is 17.3. The third kappa shape index (κ3) is 4.65. The van der Waals surface area contributed by atoms with E-state index in [0.29, 0.717) is 12.6 Å². The Balaban J connectivity index is 0.00000200. The van der Waals surface area contributed by atoms with Gasteiger partial charge >= 0.3 is 6.18 Å². The molecule has 2 nitrogen and oxygen atoms in total. The van der Waals surface area contributed by atoms with Crippen molar-refractivity contribution in [3.8, 4) is 0 Å². The Bertz CT molecular complexity index is 423. The van der Waals surface area contributed by atoms with Crippen molar-refractivity contribution in [3.05, 3.63) is 35.4 Å². The van der Waals surface area contributed by atoms with Crippen molar-refractivity contribution < 1.29 is 13.2 Å². The van der Waals surface area contributed by atoms with Gasteiger partial charge in [0, 0.05) is 19.1 Å². The molecule has 1 N–H and O–H groups in total. The van der Waals surface area contributed by atoms with Crippen molar-refractivity contribution in [1.82, 2.24) is 10.2 Å². The number of halogens is 4. The number of hydrogen-bond acceptors (Lipinski definition) is 2. The fourth-order valence-electron chi connectivity index (χ4n) is 2.54. The molecule has 1 fully saturated rings. The van der Waals surface area contributed by atoms with E-state index in [9.17, 15) is 13.2 Å². The van der Waals surface area contributed by atoms with Gasteiger partial charge in [0.15, 0.2) is 0 Å². The molecule has 0 aliphatic carbocycles. The van der Waals surface area contributed by atoms with Crippen LogP contribution in [-0.4, -0.2) is 31.1 Å². The van der Waals surface area contributed by atoms with Gasteiger partial charge in [-0.25, -0.2) is 0 Å². The van der Waals surface area contributed by atoms with Crippen LogP contribution in [0.25, 0.3) is 0 Å².